The fraction of sp³-hybridized carbons (Fsp3) is 1.00. The van der Waals surface area contributed by atoms with E-state index >= 15 is 0 Å². The lowest BCUT2D eigenvalue weighted by atomic mass is 9.97. The highest BCUT2D eigenvalue weighted by molar-refractivity contribution is 4.98. The molecule has 1 saturated heterocycles. The Morgan fingerprint density at radius 2 is 1.94 bits per heavy atom. The van der Waals surface area contributed by atoms with Gasteiger partial charge in [0.25, 0.3) is 0 Å². The Kier molecular flexibility index (Phi) is 5.50. The second kappa shape index (κ2) is 6.91. The van der Waals surface area contributed by atoms with Crippen molar-refractivity contribution in [1.29, 1.82) is 0 Å². The summed E-state index contributed by atoms with van der Waals surface area (Å²) in [5, 5.41) is 3.88. The Hall–Kier alpha value is -0.0800. The van der Waals surface area contributed by atoms with Gasteiger partial charge in [-0.25, -0.2) is 0 Å². The van der Waals surface area contributed by atoms with Crippen molar-refractivity contribution < 1.29 is 0 Å². The third-order valence-electron chi connectivity index (χ3n) is 5.05. The van der Waals surface area contributed by atoms with Gasteiger partial charge in [-0.2, -0.15) is 0 Å². The molecule has 0 aromatic carbocycles. The zero-order valence-corrected chi connectivity index (χ0v) is 12.5. The van der Waals surface area contributed by atoms with Gasteiger partial charge in [0.1, 0.15) is 0 Å². The van der Waals surface area contributed by atoms with Crippen molar-refractivity contribution >= 4 is 0 Å². The van der Waals surface area contributed by atoms with Gasteiger partial charge >= 0.3 is 0 Å². The summed E-state index contributed by atoms with van der Waals surface area (Å²) in [5.74, 6) is 0. The quantitative estimate of drug-likeness (QED) is 0.753. The Balaban J connectivity index is 1.85. The molecule has 1 atom stereocenters. The SMILES string of the molecule is CCCCCCN1CC2(CCCC2)NCCC1C. The number of nitrogens with one attached hydrogen (secondary N) is 1. The van der Waals surface area contributed by atoms with Crippen LogP contribution in [-0.2, 0) is 0 Å². The topological polar surface area (TPSA) is 15.3 Å². The van der Waals surface area contributed by atoms with Crippen molar-refractivity contribution in [3.8, 4) is 0 Å². The standard InChI is InChI=1S/C16H32N2/c1-3-4-5-8-13-18-14-16(10-6-7-11-16)17-12-9-15(18)2/h15,17H,3-14H2,1-2H3. The summed E-state index contributed by atoms with van der Waals surface area (Å²) in [6.07, 6.45) is 12.6. The maximum absolute atomic E-state index is 3.88. The number of hydrogen-bond acceptors (Lipinski definition) is 2. The summed E-state index contributed by atoms with van der Waals surface area (Å²) in [7, 11) is 0. The molecule has 2 nitrogen and oxygen atoms in total. The van der Waals surface area contributed by atoms with E-state index in [0.717, 1.165) is 6.04 Å². The molecule has 1 saturated carbocycles. The van der Waals surface area contributed by atoms with Gasteiger partial charge in [-0.05, 0) is 45.7 Å². The third kappa shape index (κ3) is 3.71. The molecule has 0 aromatic heterocycles. The summed E-state index contributed by atoms with van der Waals surface area (Å²) in [6.45, 7) is 8.58. The van der Waals surface area contributed by atoms with Crippen LogP contribution < -0.4 is 5.32 Å². The van der Waals surface area contributed by atoms with Gasteiger partial charge < -0.3 is 5.32 Å². The molecule has 1 N–H and O–H groups in total. The second-order valence-electron chi connectivity index (χ2n) is 6.58. The Labute approximate surface area is 114 Å². The van der Waals surface area contributed by atoms with Crippen molar-refractivity contribution in [2.75, 3.05) is 19.6 Å². The minimum Gasteiger partial charge on any atom is -0.310 e. The molecule has 1 heterocycles. The monoisotopic (exact) mass is 252 g/mol. The lowest BCUT2D eigenvalue weighted by molar-refractivity contribution is 0.165. The number of unbranched alkanes of at least 4 members (excludes halogenated alkanes) is 3. The van der Waals surface area contributed by atoms with Gasteiger partial charge in [-0.15, -0.1) is 0 Å². The molecule has 18 heavy (non-hydrogen) atoms. The molecule has 2 fully saturated rings. The molecular formula is C16H32N2. The van der Waals surface area contributed by atoms with Gasteiger partial charge in [0.2, 0.25) is 0 Å². The van der Waals surface area contributed by atoms with Gasteiger partial charge in [-0.3, -0.25) is 4.90 Å². The van der Waals surface area contributed by atoms with Crippen LogP contribution in [0.15, 0.2) is 0 Å². The molecule has 0 amide bonds. The summed E-state index contributed by atoms with van der Waals surface area (Å²) >= 11 is 0. The van der Waals surface area contributed by atoms with E-state index in [1.807, 2.05) is 0 Å². The minimum atomic E-state index is 0.482. The molecule has 1 unspecified atom stereocenters. The van der Waals surface area contributed by atoms with Gasteiger partial charge in [0.15, 0.2) is 0 Å². The first kappa shape index (κ1) is 14.3. The van der Waals surface area contributed by atoms with Crippen LogP contribution in [0.3, 0.4) is 0 Å². The Morgan fingerprint density at radius 3 is 2.67 bits per heavy atom. The highest BCUT2D eigenvalue weighted by Gasteiger charge is 2.37. The van der Waals surface area contributed by atoms with Crippen molar-refractivity contribution in [3.05, 3.63) is 0 Å². The van der Waals surface area contributed by atoms with Crippen LogP contribution in [0.1, 0.15) is 71.6 Å². The summed E-state index contributed by atoms with van der Waals surface area (Å²) in [6, 6.07) is 0.777. The summed E-state index contributed by atoms with van der Waals surface area (Å²) < 4.78 is 0. The maximum atomic E-state index is 3.88. The lowest BCUT2D eigenvalue weighted by Gasteiger charge is -2.35. The highest BCUT2D eigenvalue weighted by atomic mass is 15.2. The van der Waals surface area contributed by atoms with E-state index < -0.39 is 0 Å². The van der Waals surface area contributed by atoms with Crippen LogP contribution in [0, 0.1) is 0 Å². The molecule has 1 aliphatic carbocycles. The molecular weight excluding hydrogens is 220 g/mol. The molecule has 0 aromatic rings. The second-order valence-corrected chi connectivity index (χ2v) is 6.58. The molecule has 1 spiro atoms. The van der Waals surface area contributed by atoms with E-state index in [1.165, 1.54) is 77.4 Å². The third-order valence-corrected chi connectivity index (χ3v) is 5.05. The summed E-state index contributed by atoms with van der Waals surface area (Å²) in [5.41, 5.74) is 0.482. The molecule has 2 rings (SSSR count). The van der Waals surface area contributed by atoms with E-state index in [0.29, 0.717) is 5.54 Å². The summed E-state index contributed by atoms with van der Waals surface area (Å²) in [4.78, 5) is 2.78. The zero-order chi connectivity index (χ0) is 12.8. The largest absolute Gasteiger partial charge is 0.310 e. The van der Waals surface area contributed by atoms with Crippen molar-refractivity contribution in [3.63, 3.8) is 0 Å². The van der Waals surface area contributed by atoms with Crippen molar-refractivity contribution in [2.24, 2.45) is 0 Å². The average molecular weight is 252 g/mol. The van der Waals surface area contributed by atoms with E-state index in [9.17, 15) is 0 Å². The normalized spacial score (nSPS) is 28.7. The van der Waals surface area contributed by atoms with Crippen molar-refractivity contribution in [1.82, 2.24) is 10.2 Å². The average Bonchev–Trinajstić information content (AvgIpc) is 2.75. The molecule has 1 aliphatic heterocycles. The van der Waals surface area contributed by atoms with Gasteiger partial charge in [0.05, 0.1) is 0 Å². The van der Waals surface area contributed by atoms with Crippen LogP contribution in [0.25, 0.3) is 0 Å². The number of nitrogens with zero attached hydrogens (tertiary/aromatic N) is 1. The van der Waals surface area contributed by atoms with E-state index in [1.54, 1.807) is 0 Å². The molecule has 0 radical (unpaired) electrons. The predicted octanol–water partition coefficient (Wildman–Crippen LogP) is 3.56. The smallest absolute Gasteiger partial charge is 0.0308 e. The van der Waals surface area contributed by atoms with E-state index in [-0.39, 0.29) is 0 Å². The van der Waals surface area contributed by atoms with Crippen LogP contribution >= 0.6 is 0 Å². The Bertz CT molecular complexity index is 233. The van der Waals surface area contributed by atoms with Gasteiger partial charge in [0, 0.05) is 18.1 Å². The molecule has 2 aliphatic rings. The first-order chi connectivity index (χ1) is 8.76. The van der Waals surface area contributed by atoms with E-state index in [2.05, 4.69) is 24.1 Å². The Morgan fingerprint density at radius 1 is 1.17 bits per heavy atom. The molecule has 0 bridgehead atoms. The van der Waals surface area contributed by atoms with Crippen molar-refractivity contribution in [2.45, 2.75) is 83.2 Å². The minimum absolute atomic E-state index is 0.482. The van der Waals surface area contributed by atoms with Crippen LogP contribution in [-0.4, -0.2) is 36.1 Å². The number of hydrogen-bond donors (Lipinski definition) is 1. The highest BCUT2D eigenvalue weighted by Crippen LogP contribution is 2.32. The molecule has 106 valence electrons. The van der Waals surface area contributed by atoms with Gasteiger partial charge in [-0.1, -0.05) is 39.0 Å². The fourth-order valence-corrected chi connectivity index (χ4v) is 3.76. The fourth-order valence-electron chi connectivity index (χ4n) is 3.76. The van der Waals surface area contributed by atoms with Crippen LogP contribution in [0.2, 0.25) is 0 Å². The maximum Gasteiger partial charge on any atom is 0.0308 e. The lowest BCUT2D eigenvalue weighted by Crippen LogP contribution is -2.50. The predicted molar refractivity (Wildman–Crippen MR) is 79.0 cm³/mol. The van der Waals surface area contributed by atoms with Crippen LogP contribution in [0.5, 0.6) is 0 Å². The zero-order valence-electron chi connectivity index (χ0n) is 12.5. The first-order valence-corrected chi connectivity index (χ1v) is 8.25. The van der Waals surface area contributed by atoms with Crippen LogP contribution in [0.4, 0.5) is 0 Å². The first-order valence-electron chi connectivity index (χ1n) is 8.25. The molecule has 2 heteroatoms. The number of rotatable bonds is 5. The van der Waals surface area contributed by atoms with E-state index in [4.69, 9.17) is 0 Å².